The van der Waals surface area contributed by atoms with Crippen molar-refractivity contribution in [3.05, 3.63) is 96.1 Å². The van der Waals surface area contributed by atoms with Gasteiger partial charge in [-0.3, -0.25) is 9.59 Å². The van der Waals surface area contributed by atoms with Gasteiger partial charge in [-0.2, -0.15) is 0 Å². The first kappa shape index (κ1) is 24.7. The first-order chi connectivity index (χ1) is 17.5. The third kappa shape index (κ3) is 5.79. The Morgan fingerprint density at radius 1 is 0.806 bits per heavy atom. The second-order valence-electron chi connectivity index (χ2n) is 8.41. The molecule has 36 heavy (non-hydrogen) atoms. The van der Waals surface area contributed by atoms with Gasteiger partial charge in [0.25, 0.3) is 0 Å². The third-order valence-corrected chi connectivity index (χ3v) is 5.95. The van der Waals surface area contributed by atoms with Gasteiger partial charge in [-0.25, -0.2) is 4.79 Å². The van der Waals surface area contributed by atoms with Crippen LogP contribution in [0.2, 0.25) is 0 Å². The molecule has 0 aromatic heterocycles. The fourth-order valence-corrected chi connectivity index (χ4v) is 4.13. The first-order valence-corrected chi connectivity index (χ1v) is 11.5. The summed E-state index contributed by atoms with van der Waals surface area (Å²) < 4.78 is 5.12. The van der Waals surface area contributed by atoms with Crippen molar-refractivity contribution >= 4 is 39.5 Å². The maximum Gasteiger partial charge on any atom is 0.408 e. The Bertz CT molecular complexity index is 1340. The number of fused-ring (bicyclic) bond motifs is 2. The van der Waals surface area contributed by atoms with Crippen LogP contribution in [0.5, 0.6) is 0 Å². The number of hydrogen-bond acceptors (Lipinski definition) is 5. The fraction of sp³-hybridized carbons (Fsp3) is 0.179. The molecule has 0 aliphatic carbocycles. The van der Waals surface area contributed by atoms with Crippen LogP contribution in [0, 0.1) is 0 Å². The number of carbonyl (C=O) groups is 3. The molecule has 0 unspecified atom stereocenters. The second kappa shape index (κ2) is 11.3. The van der Waals surface area contributed by atoms with Crippen molar-refractivity contribution in [2.75, 3.05) is 6.61 Å². The summed E-state index contributed by atoms with van der Waals surface area (Å²) in [6, 6.07) is 24.3. The summed E-state index contributed by atoms with van der Waals surface area (Å²) >= 11 is 0. The normalized spacial score (nSPS) is 12.6. The van der Waals surface area contributed by atoms with E-state index in [1.807, 2.05) is 66.7 Å². The van der Waals surface area contributed by atoms with Gasteiger partial charge in [0.2, 0.25) is 11.8 Å². The molecule has 0 radical (unpaired) electrons. The molecule has 0 spiro atoms. The Hall–Kier alpha value is -4.43. The van der Waals surface area contributed by atoms with Gasteiger partial charge in [0.1, 0.15) is 18.7 Å². The SMILES string of the molecule is NC(=O)[C@@H](Cc1c2ccccc2cc2ccccc12)NC(=O)[C@H](CO)NC(=O)OCc1ccccc1. The highest BCUT2D eigenvalue weighted by Crippen LogP contribution is 2.29. The molecule has 2 atom stereocenters. The van der Waals surface area contributed by atoms with Crippen molar-refractivity contribution in [1.29, 1.82) is 0 Å². The number of primary amides is 1. The fourth-order valence-electron chi connectivity index (χ4n) is 4.13. The van der Waals surface area contributed by atoms with E-state index in [1.165, 1.54) is 0 Å². The van der Waals surface area contributed by atoms with Crippen LogP contribution >= 0.6 is 0 Å². The highest BCUT2D eigenvalue weighted by Gasteiger charge is 2.27. The molecule has 0 saturated heterocycles. The van der Waals surface area contributed by atoms with Crippen LogP contribution < -0.4 is 16.4 Å². The number of aliphatic hydroxyl groups is 1. The molecule has 184 valence electrons. The average Bonchev–Trinajstić information content (AvgIpc) is 2.90. The summed E-state index contributed by atoms with van der Waals surface area (Å²) in [6.45, 7) is -0.681. The maximum atomic E-state index is 12.9. The topological polar surface area (TPSA) is 131 Å². The summed E-state index contributed by atoms with van der Waals surface area (Å²) in [7, 11) is 0. The lowest BCUT2D eigenvalue weighted by molar-refractivity contribution is -0.129. The predicted molar refractivity (Wildman–Crippen MR) is 137 cm³/mol. The van der Waals surface area contributed by atoms with E-state index in [0.29, 0.717) is 0 Å². The molecular weight excluding hydrogens is 458 g/mol. The van der Waals surface area contributed by atoms with Gasteiger partial charge >= 0.3 is 6.09 Å². The Kier molecular flexibility index (Phi) is 7.77. The van der Waals surface area contributed by atoms with Gasteiger partial charge in [0.15, 0.2) is 0 Å². The molecule has 4 aromatic rings. The molecule has 8 heteroatoms. The molecule has 0 saturated carbocycles. The lowest BCUT2D eigenvalue weighted by Crippen LogP contribution is -2.55. The minimum Gasteiger partial charge on any atom is -0.445 e. The maximum absolute atomic E-state index is 12.9. The van der Waals surface area contributed by atoms with Crippen molar-refractivity contribution < 1.29 is 24.2 Å². The standard InChI is InChI=1S/C28H27N3O5/c29-26(33)24(15-23-21-12-6-4-10-19(21)14-20-11-5-7-13-22(20)23)30-27(34)25(16-32)31-28(35)36-17-18-8-2-1-3-9-18/h1-14,24-25,32H,15-17H2,(H2,29,33)(H,30,34)(H,31,35)/t24-,25+/m1/s1. The zero-order valence-corrected chi connectivity index (χ0v) is 19.5. The van der Waals surface area contributed by atoms with Crippen molar-refractivity contribution in [3.63, 3.8) is 0 Å². The molecule has 3 amide bonds. The Balaban J connectivity index is 1.49. The van der Waals surface area contributed by atoms with Crippen LogP contribution in [0.4, 0.5) is 4.79 Å². The van der Waals surface area contributed by atoms with Crippen LogP contribution in [0.15, 0.2) is 84.9 Å². The van der Waals surface area contributed by atoms with E-state index < -0.39 is 36.6 Å². The smallest absolute Gasteiger partial charge is 0.408 e. The molecule has 0 heterocycles. The number of alkyl carbamates (subject to hydrolysis) is 1. The van der Waals surface area contributed by atoms with Crippen molar-refractivity contribution in [1.82, 2.24) is 10.6 Å². The Labute approximate surface area is 208 Å². The van der Waals surface area contributed by atoms with E-state index in [9.17, 15) is 19.5 Å². The summed E-state index contributed by atoms with van der Waals surface area (Å²) in [4.78, 5) is 37.4. The molecule has 0 fully saturated rings. The summed E-state index contributed by atoms with van der Waals surface area (Å²) in [5.74, 6) is -1.48. The molecule has 4 rings (SSSR count). The monoisotopic (exact) mass is 485 g/mol. The summed E-state index contributed by atoms with van der Waals surface area (Å²) in [5.41, 5.74) is 7.28. The molecule has 5 N–H and O–H groups in total. The highest BCUT2D eigenvalue weighted by atomic mass is 16.5. The average molecular weight is 486 g/mol. The number of rotatable bonds is 9. The Morgan fingerprint density at radius 2 is 1.39 bits per heavy atom. The molecule has 0 aliphatic rings. The van der Waals surface area contributed by atoms with Gasteiger partial charge in [0.05, 0.1) is 6.61 Å². The molecule has 0 bridgehead atoms. The third-order valence-electron chi connectivity index (χ3n) is 5.95. The molecule has 8 nitrogen and oxygen atoms in total. The quantitative estimate of drug-likeness (QED) is 0.271. The van der Waals surface area contributed by atoms with E-state index in [1.54, 1.807) is 12.1 Å². The number of benzene rings is 4. The highest BCUT2D eigenvalue weighted by molar-refractivity contribution is 6.03. The number of hydrogen-bond donors (Lipinski definition) is 4. The van der Waals surface area contributed by atoms with E-state index in [-0.39, 0.29) is 13.0 Å². The van der Waals surface area contributed by atoms with E-state index in [2.05, 4.69) is 16.7 Å². The number of ether oxygens (including phenoxy) is 1. The number of nitrogens with two attached hydrogens (primary N) is 1. The van der Waals surface area contributed by atoms with E-state index in [4.69, 9.17) is 10.5 Å². The van der Waals surface area contributed by atoms with Gasteiger partial charge in [-0.15, -0.1) is 0 Å². The van der Waals surface area contributed by atoms with Crippen LogP contribution in [0.3, 0.4) is 0 Å². The largest absolute Gasteiger partial charge is 0.445 e. The van der Waals surface area contributed by atoms with Crippen LogP contribution in [0.25, 0.3) is 21.5 Å². The predicted octanol–water partition coefficient (Wildman–Crippen LogP) is 2.79. The first-order valence-electron chi connectivity index (χ1n) is 11.5. The lowest BCUT2D eigenvalue weighted by atomic mass is 9.92. The summed E-state index contributed by atoms with van der Waals surface area (Å²) in [5, 5.41) is 18.5. The molecular formula is C28H27N3O5. The van der Waals surface area contributed by atoms with Crippen molar-refractivity contribution in [2.24, 2.45) is 5.73 Å². The van der Waals surface area contributed by atoms with Crippen molar-refractivity contribution in [3.8, 4) is 0 Å². The Morgan fingerprint density at radius 3 is 1.97 bits per heavy atom. The minimum absolute atomic E-state index is 0.00447. The van der Waals surface area contributed by atoms with E-state index in [0.717, 1.165) is 32.7 Å². The van der Waals surface area contributed by atoms with Crippen LogP contribution in [-0.4, -0.2) is 41.7 Å². The van der Waals surface area contributed by atoms with Crippen LogP contribution in [-0.2, 0) is 27.4 Å². The van der Waals surface area contributed by atoms with Gasteiger partial charge in [-0.05, 0) is 38.7 Å². The number of nitrogens with one attached hydrogen (secondary N) is 2. The zero-order valence-electron chi connectivity index (χ0n) is 19.5. The zero-order chi connectivity index (χ0) is 25.5. The lowest BCUT2D eigenvalue weighted by Gasteiger charge is -2.22. The van der Waals surface area contributed by atoms with Crippen LogP contribution in [0.1, 0.15) is 11.1 Å². The molecule has 0 aliphatic heterocycles. The van der Waals surface area contributed by atoms with Gasteiger partial charge < -0.3 is 26.2 Å². The second-order valence-corrected chi connectivity index (χ2v) is 8.41. The number of amides is 3. The number of aliphatic hydroxyl groups excluding tert-OH is 1. The van der Waals surface area contributed by atoms with E-state index >= 15 is 0 Å². The number of carbonyl (C=O) groups excluding carboxylic acids is 3. The van der Waals surface area contributed by atoms with Gasteiger partial charge in [-0.1, -0.05) is 78.9 Å². The summed E-state index contributed by atoms with van der Waals surface area (Å²) in [6.07, 6.45) is -0.733. The minimum atomic E-state index is -1.32. The molecule has 4 aromatic carbocycles. The van der Waals surface area contributed by atoms with Gasteiger partial charge in [0, 0.05) is 6.42 Å². The van der Waals surface area contributed by atoms with Crippen molar-refractivity contribution in [2.45, 2.75) is 25.1 Å².